The van der Waals surface area contributed by atoms with Gasteiger partial charge in [-0.05, 0) is 26.0 Å². The number of ether oxygens (including phenoxy) is 1. The maximum atomic E-state index is 12.1. The van der Waals surface area contributed by atoms with Gasteiger partial charge in [0.15, 0.2) is 0 Å². The minimum absolute atomic E-state index is 0.0463. The molecule has 19 heavy (non-hydrogen) atoms. The van der Waals surface area contributed by atoms with Gasteiger partial charge in [0.25, 0.3) is 0 Å². The van der Waals surface area contributed by atoms with Gasteiger partial charge in [-0.15, -0.1) is 0 Å². The molecule has 1 N–H and O–H groups in total. The molecule has 0 saturated heterocycles. The van der Waals surface area contributed by atoms with Gasteiger partial charge in [-0.3, -0.25) is 4.79 Å². The van der Waals surface area contributed by atoms with Crippen molar-refractivity contribution in [1.29, 1.82) is 0 Å². The lowest BCUT2D eigenvalue weighted by molar-refractivity contribution is 0.0524. The number of aryl methyl sites for hydroxylation is 1. The normalized spacial score (nSPS) is 9.68. The van der Waals surface area contributed by atoms with Gasteiger partial charge in [0.05, 0.1) is 6.61 Å². The first-order valence-corrected chi connectivity index (χ1v) is 6.42. The van der Waals surface area contributed by atoms with E-state index >= 15 is 0 Å². The first-order valence-electron chi connectivity index (χ1n) is 6.42. The predicted octanol–water partition coefficient (Wildman–Crippen LogP) is 3.04. The third-order valence-corrected chi connectivity index (χ3v) is 2.53. The quantitative estimate of drug-likeness (QED) is 0.845. The molecule has 1 heterocycles. The van der Waals surface area contributed by atoms with Crippen molar-refractivity contribution >= 4 is 16.9 Å². The first kappa shape index (κ1) is 15.0. The summed E-state index contributed by atoms with van der Waals surface area (Å²) in [5, 5.41) is 0.510. The third-order valence-electron chi connectivity index (χ3n) is 2.53. The Bertz CT molecular complexity index is 629. The Morgan fingerprint density at radius 1 is 1.32 bits per heavy atom. The van der Waals surface area contributed by atoms with E-state index in [2.05, 4.69) is 4.98 Å². The topological polar surface area (TPSA) is 59.2 Å². The van der Waals surface area contributed by atoms with Crippen LogP contribution in [0.5, 0.6) is 0 Å². The van der Waals surface area contributed by atoms with Crippen molar-refractivity contribution in [3.63, 3.8) is 0 Å². The van der Waals surface area contributed by atoms with Crippen LogP contribution in [0.2, 0.25) is 0 Å². The lowest BCUT2D eigenvalue weighted by Crippen LogP contribution is -2.18. The monoisotopic (exact) mass is 261 g/mol. The highest BCUT2D eigenvalue weighted by atomic mass is 16.5. The van der Waals surface area contributed by atoms with Gasteiger partial charge in [0, 0.05) is 17.1 Å². The summed E-state index contributed by atoms with van der Waals surface area (Å²) in [4.78, 5) is 26.6. The molecule has 102 valence electrons. The van der Waals surface area contributed by atoms with Crippen molar-refractivity contribution in [3.05, 3.63) is 45.7 Å². The predicted molar refractivity (Wildman–Crippen MR) is 76.6 cm³/mol. The van der Waals surface area contributed by atoms with Gasteiger partial charge in [0.1, 0.15) is 5.56 Å². The van der Waals surface area contributed by atoms with Crippen LogP contribution >= 0.6 is 0 Å². The highest BCUT2D eigenvalue weighted by Crippen LogP contribution is 2.10. The number of fused-ring (bicyclic) bond motifs is 1. The number of carbonyl (C=O) groups is 1. The fraction of sp³-hybridized carbons (Fsp3) is 0.333. The van der Waals surface area contributed by atoms with Crippen molar-refractivity contribution in [2.24, 2.45) is 0 Å². The Morgan fingerprint density at radius 3 is 2.63 bits per heavy atom. The van der Waals surface area contributed by atoms with E-state index in [0.717, 1.165) is 5.56 Å². The maximum absolute atomic E-state index is 12.1. The van der Waals surface area contributed by atoms with Crippen LogP contribution in [0.15, 0.2) is 29.2 Å². The van der Waals surface area contributed by atoms with Crippen LogP contribution in [-0.2, 0) is 4.74 Å². The van der Waals surface area contributed by atoms with Crippen LogP contribution in [0.3, 0.4) is 0 Å². The minimum Gasteiger partial charge on any atom is -0.462 e. The molecule has 1 aromatic carbocycles. The van der Waals surface area contributed by atoms with Crippen molar-refractivity contribution in [3.8, 4) is 0 Å². The van der Waals surface area contributed by atoms with Crippen LogP contribution < -0.4 is 5.43 Å². The highest BCUT2D eigenvalue weighted by Gasteiger charge is 2.13. The van der Waals surface area contributed by atoms with Crippen LogP contribution in [0.25, 0.3) is 10.9 Å². The van der Waals surface area contributed by atoms with Crippen LogP contribution in [0.1, 0.15) is 36.7 Å². The zero-order chi connectivity index (χ0) is 14.4. The van der Waals surface area contributed by atoms with Gasteiger partial charge in [-0.2, -0.15) is 0 Å². The minimum atomic E-state index is -0.586. The molecule has 0 spiro atoms. The molecule has 0 radical (unpaired) electrons. The molecular formula is C15H19NO3. The van der Waals surface area contributed by atoms with E-state index < -0.39 is 5.97 Å². The second kappa shape index (κ2) is 6.73. The number of hydrogen-bond donors (Lipinski definition) is 1. The van der Waals surface area contributed by atoms with Crippen LogP contribution in [0, 0.1) is 6.92 Å². The molecule has 2 aromatic rings. The molecule has 0 aliphatic rings. The maximum Gasteiger partial charge on any atom is 0.343 e. The number of aromatic amines is 1. The number of H-pyrrole nitrogens is 1. The fourth-order valence-electron chi connectivity index (χ4n) is 1.69. The Labute approximate surface area is 112 Å². The zero-order valence-corrected chi connectivity index (χ0v) is 11.7. The molecule has 0 saturated carbocycles. The third kappa shape index (κ3) is 3.22. The Hall–Kier alpha value is -2.10. The van der Waals surface area contributed by atoms with E-state index in [1.165, 1.54) is 6.20 Å². The number of rotatable bonds is 2. The molecule has 0 aliphatic carbocycles. The molecule has 2 rings (SSSR count). The highest BCUT2D eigenvalue weighted by molar-refractivity contribution is 5.93. The molecule has 4 nitrogen and oxygen atoms in total. The summed E-state index contributed by atoms with van der Waals surface area (Å²) < 4.78 is 4.83. The molecule has 0 amide bonds. The van der Waals surface area contributed by atoms with Gasteiger partial charge in [-0.25, -0.2) is 4.79 Å². The SMILES string of the molecule is CC.CCOC(=O)c1c[nH]c2ccc(C)cc2c1=O. The van der Waals surface area contributed by atoms with E-state index in [1.54, 1.807) is 13.0 Å². The van der Waals surface area contributed by atoms with E-state index in [0.29, 0.717) is 10.9 Å². The molecule has 0 fully saturated rings. The lowest BCUT2D eigenvalue weighted by Gasteiger charge is -2.03. The summed E-state index contributed by atoms with van der Waals surface area (Å²) in [5.74, 6) is -0.586. The van der Waals surface area contributed by atoms with E-state index in [4.69, 9.17) is 4.74 Å². The average molecular weight is 261 g/mol. The molecule has 0 aliphatic heterocycles. The molecule has 0 bridgehead atoms. The second-order valence-electron chi connectivity index (χ2n) is 3.80. The van der Waals surface area contributed by atoms with Crippen molar-refractivity contribution in [2.45, 2.75) is 27.7 Å². The molecule has 0 atom stereocenters. The molecule has 1 aromatic heterocycles. The zero-order valence-electron chi connectivity index (χ0n) is 11.7. The average Bonchev–Trinajstić information content (AvgIpc) is 2.42. The summed E-state index contributed by atoms with van der Waals surface area (Å²) >= 11 is 0. The fourth-order valence-corrected chi connectivity index (χ4v) is 1.69. The van der Waals surface area contributed by atoms with Crippen LogP contribution in [0.4, 0.5) is 0 Å². The number of nitrogens with one attached hydrogen (secondary N) is 1. The van der Waals surface area contributed by atoms with Crippen molar-refractivity contribution in [2.75, 3.05) is 6.61 Å². The number of aromatic nitrogens is 1. The number of carbonyl (C=O) groups excluding carboxylic acids is 1. The van der Waals surface area contributed by atoms with E-state index in [9.17, 15) is 9.59 Å². The second-order valence-corrected chi connectivity index (χ2v) is 3.80. The Balaban J connectivity index is 0.000000861. The number of pyridine rings is 1. The molecule has 0 unspecified atom stereocenters. The largest absolute Gasteiger partial charge is 0.462 e. The van der Waals surface area contributed by atoms with Gasteiger partial charge >= 0.3 is 5.97 Å². The lowest BCUT2D eigenvalue weighted by atomic mass is 10.1. The Kier molecular flexibility index (Phi) is 5.30. The smallest absolute Gasteiger partial charge is 0.343 e. The van der Waals surface area contributed by atoms with E-state index in [1.807, 2.05) is 32.9 Å². The van der Waals surface area contributed by atoms with Crippen molar-refractivity contribution < 1.29 is 9.53 Å². The number of hydrogen-bond acceptors (Lipinski definition) is 3. The molecular weight excluding hydrogens is 242 g/mol. The van der Waals surface area contributed by atoms with E-state index in [-0.39, 0.29) is 17.6 Å². The summed E-state index contributed by atoms with van der Waals surface area (Å²) in [5.41, 5.74) is 1.45. The van der Waals surface area contributed by atoms with Crippen molar-refractivity contribution in [1.82, 2.24) is 4.98 Å². The van der Waals surface area contributed by atoms with Gasteiger partial charge in [-0.1, -0.05) is 25.5 Å². The number of esters is 1. The standard InChI is InChI=1S/C13H13NO3.C2H6/c1-3-17-13(16)10-7-14-11-5-4-8(2)6-9(11)12(10)15;1-2/h4-7H,3H2,1-2H3,(H,14,15);1-2H3. The van der Waals surface area contributed by atoms with Gasteiger partial charge < -0.3 is 9.72 Å². The number of benzene rings is 1. The molecule has 4 heteroatoms. The summed E-state index contributed by atoms with van der Waals surface area (Å²) in [6.07, 6.45) is 1.40. The summed E-state index contributed by atoms with van der Waals surface area (Å²) in [7, 11) is 0. The van der Waals surface area contributed by atoms with Crippen LogP contribution in [-0.4, -0.2) is 17.6 Å². The summed E-state index contributed by atoms with van der Waals surface area (Å²) in [6.45, 7) is 7.86. The Morgan fingerprint density at radius 2 is 2.00 bits per heavy atom. The summed E-state index contributed by atoms with van der Waals surface area (Å²) in [6, 6.07) is 5.49. The first-order chi connectivity index (χ1) is 9.13. The van der Waals surface area contributed by atoms with Gasteiger partial charge in [0.2, 0.25) is 5.43 Å².